The summed E-state index contributed by atoms with van der Waals surface area (Å²) in [5.41, 5.74) is 5.98. The number of piperidine rings is 1. The Bertz CT molecular complexity index is 1350. The number of rotatable bonds is 10. The van der Waals surface area contributed by atoms with Crippen LogP contribution >= 0.6 is 11.6 Å². The number of phenolic OH excluding ortho intramolecular Hbond substituents is 1. The summed E-state index contributed by atoms with van der Waals surface area (Å²) in [6.07, 6.45) is 5.32. The molecule has 212 valence electrons. The molecule has 3 aromatic rings. The molecule has 40 heavy (non-hydrogen) atoms. The van der Waals surface area contributed by atoms with E-state index in [1.54, 1.807) is 0 Å². The Morgan fingerprint density at radius 3 is 2.62 bits per heavy atom. The Morgan fingerprint density at radius 2 is 1.85 bits per heavy atom. The van der Waals surface area contributed by atoms with Crippen molar-refractivity contribution in [3.63, 3.8) is 0 Å². The zero-order valence-corrected chi connectivity index (χ0v) is 24.1. The van der Waals surface area contributed by atoms with Crippen LogP contribution in [0.3, 0.4) is 0 Å². The number of benzene rings is 3. The fourth-order valence-corrected chi connectivity index (χ4v) is 6.28. The molecule has 0 radical (unpaired) electrons. The number of hydrogen-bond acceptors (Lipinski definition) is 6. The van der Waals surface area contributed by atoms with Gasteiger partial charge in [0, 0.05) is 31.2 Å². The second kappa shape index (κ2) is 12.6. The number of phenols is 1. The van der Waals surface area contributed by atoms with E-state index in [0.29, 0.717) is 24.1 Å². The van der Waals surface area contributed by atoms with E-state index >= 15 is 0 Å². The van der Waals surface area contributed by atoms with Crippen LogP contribution in [0.4, 0.5) is 0 Å². The van der Waals surface area contributed by atoms with Crippen LogP contribution in [0.5, 0.6) is 17.2 Å². The molecule has 2 aliphatic heterocycles. The van der Waals surface area contributed by atoms with Crippen molar-refractivity contribution in [2.75, 3.05) is 39.5 Å². The molecule has 3 aromatic carbocycles. The molecule has 5 rings (SSSR count). The van der Waals surface area contributed by atoms with Gasteiger partial charge in [0.25, 0.3) is 0 Å². The van der Waals surface area contributed by atoms with Crippen LogP contribution in [0.2, 0.25) is 5.02 Å². The lowest BCUT2D eigenvalue weighted by Crippen LogP contribution is -2.44. The van der Waals surface area contributed by atoms with Gasteiger partial charge in [-0.2, -0.15) is 0 Å². The minimum Gasteiger partial charge on any atom is -0.507 e. The Hall–Kier alpha value is -3.06. The van der Waals surface area contributed by atoms with E-state index < -0.39 is 0 Å². The molecule has 1 atom stereocenters. The van der Waals surface area contributed by atoms with Crippen molar-refractivity contribution in [3.8, 4) is 28.4 Å². The predicted octanol–water partition coefficient (Wildman–Crippen LogP) is 6.99. The van der Waals surface area contributed by atoms with Crippen molar-refractivity contribution in [2.45, 2.75) is 46.1 Å². The first-order valence-corrected chi connectivity index (χ1v) is 14.5. The number of hydrogen-bond donors (Lipinski definition) is 1. The molecule has 2 aliphatic rings. The largest absolute Gasteiger partial charge is 0.507 e. The van der Waals surface area contributed by atoms with Gasteiger partial charge in [-0.1, -0.05) is 41.9 Å². The summed E-state index contributed by atoms with van der Waals surface area (Å²) in [6, 6.07) is 15.2. The average molecular weight is 564 g/mol. The molecule has 1 N–H and O–H groups in total. The summed E-state index contributed by atoms with van der Waals surface area (Å²) >= 11 is 6.26. The fraction of sp³-hybridized carbons (Fsp3) is 0.424. The molecule has 0 saturated carbocycles. The van der Waals surface area contributed by atoms with Crippen LogP contribution in [0.1, 0.15) is 52.7 Å². The first kappa shape index (κ1) is 28.5. The van der Waals surface area contributed by atoms with Crippen LogP contribution in [0.15, 0.2) is 48.5 Å². The van der Waals surface area contributed by atoms with E-state index in [2.05, 4.69) is 30.9 Å². The maximum Gasteiger partial charge on any atom is 0.153 e. The molecule has 2 fully saturated rings. The SMILES string of the molecule is Cc1c(COc2cc(O)c(C=O)cc2Cl)cccc1-c1cccc(OCCCN2CCCC3(CCOC3)C2)c1C. The number of aromatic hydroxyl groups is 1. The molecule has 0 amide bonds. The lowest BCUT2D eigenvalue weighted by Gasteiger charge is -2.39. The predicted molar refractivity (Wildman–Crippen MR) is 158 cm³/mol. The second-order valence-corrected chi connectivity index (χ2v) is 11.6. The quantitative estimate of drug-likeness (QED) is 0.212. The number of aldehydes is 1. The molecule has 2 heterocycles. The summed E-state index contributed by atoms with van der Waals surface area (Å²) in [7, 11) is 0. The highest BCUT2D eigenvalue weighted by Crippen LogP contribution is 2.38. The Labute approximate surface area is 241 Å². The number of carbonyl (C=O) groups is 1. The van der Waals surface area contributed by atoms with Crippen LogP contribution in [0, 0.1) is 19.3 Å². The number of likely N-dealkylation sites (tertiary alicyclic amines) is 1. The molecule has 2 saturated heterocycles. The zero-order chi connectivity index (χ0) is 28.1. The third kappa shape index (κ3) is 6.30. The monoisotopic (exact) mass is 563 g/mol. The standard InChI is InChI=1S/C33H38ClNO5/c1-23-25(20-40-32-18-30(37)26(19-36)17-29(32)34)7-3-8-27(23)28-9-4-10-31(24(28)2)39-15-6-14-35-13-5-11-33(21-35)12-16-38-22-33/h3-4,7-10,17-19,37H,5-6,11-16,20-22H2,1-2H3. The molecule has 7 heteroatoms. The topological polar surface area (TPSA) is 68.2 Å². The first-order chi connectivity index (χ1) is 19.4. The molecule has 0 bridgehead atoms. The maximum absolute atomic E-state index is 11.0. The average Bonchev–Trinajstić information content (AvgIpc) is 3.40. The normalized spacial score (nSPS) is 19.2. The molecule has 0 aliphatic carbocycles. The summed E-state index contributed by atoms with van der Waals surface area (Å²) < 4.78 is 17.9. The van der Waals surface area contributed by atoms with Crippen molar-refractivity contribution in [1.29, 1.82) is 0 Å². The van der Waals surface area contributed by atoms with E-state index in [4.69, 9.17) is 25.8 Å². The van der Waals surface area contributed by atoms with Gasteiger partial charge in [-0.25, -0.2) is 0 Å². The van der Waals surface area contributed by atoms with Crippen LogP contribution in [-0.4, -0.2) is 55.7 Å². The highest BCUT2D eigenvalue weighted by Gasteiger charge is 2.38. The zero-order valence-electron chi connectivity index (χ0n) is 23.4. The lowest BCUT2D eigenvalue weighted by molar-refractivity contribution is 0.0657. The fourth-order valence-electron chi connectivity index (χ4n) is 6.06. The van der Waals surface area contributed by atoms with Gasteiger partial charge < -0.3 is 24.2 Å². The molecular weight excluding hydrogens is 526 g/mol. The van der Waals surface area contributed by atoms with Crippen LogP contribution in [0.25, 0.3) is 11.1 Å². The van der Waals surface area contributed by atoms with Gasteiger partial charge >= 0.3 is 0 Å². The highest BCUT2D eigenvalue weighted by molar-refractivity contribution is 6.32. The lowest BCUT2D eigenvalue weighted by atomic mass is 9.79. The molecule has 1 spiro atoms. The maximum atomic E-state index is 11.0. The van der Waals surface area contributed by atoms with Gasteiger partial charge in [-0.15, -0.1) is 0 Å². The van der Waals surface area contributed by atoms with E-state index in [1.165, 1.54) is 37.9 Å². The summed E-state index contributed by atoms with van der Waals surface area (Å²) in [6.45, 7) is 10.4. The molecule has 1 unspecified atom stereocenters. The van der Waals surface area contributed by atoms with Gasteiger partial charge in [0.2, 0.25) is 0 Å². The third-order valence-electron chi connectivity index (χ3n) is 8.41. The number of ether oxygens (including phenoxy) is 3. The summed E-state index contributed by atoms with van der Waals surface area (Å²) in [4.78, 5) is 13.6. The summed E-state index contributed by atoms with van der Waals surface area (Å²) in [5, 5.41) is 10.3. The minimum absolute atomic E-state index is 0.132. The Morgan fingerprint density at radius 1 is 1.05 bits per heavy atom. The number of carbonyl (C=O) groups excluding carboxylic acids is 1. The van der Waals surface area contributed by atoms with Gasteiger partial charge in [-0.05, 0) is 86.0 Å². The molecule has 0 aromatic heterocycles. The minimum atomic E-state index is -0.157. The van der Waals surface area contributed by atoms with E-state index in [9.17, 15) is 9.90 Å². The van der Waals surface area contributed by atoms with Gasteiger partial charge in [0.15, 0.2) is 6.29 Å². The van der Waals surface area contributed by atoms with Crippen molar-refractivity contribution < 1.29 is 24.1 Å². The highest BCUT2D eigenvalue weighted by atomic mass is 35.5. The van der Waals surface area contributed by atoms with Crippen molar-refractivity contribution >= 4 is 17.9 Å². The Kier molecular flexibility index (Phi) is 8.99. The Balaban J connectivity index is 1.21. The second-order valence-electron chi connectivity index (χ2n) is 11.2. The molecular formula is C33H38ClNO5. The van der Waals surface area contributed by atoms with E-state index in [-0.39, 0.29) is 22.9 Å². The first-order valence-electron chi connectivity index (χ1n) is 14.1. The van der Waals surface area contributed by atoms with Crippen LogP contribution in [-0.2, 0) is 11.3 Å². The summed E-state index contributed by atoms with van der Waals surface area (Å²) in [5.74, 6) is 1.09. The van der Waals surface area contributed by atoms with Gasteiger partial charge in [-0.3, -0.25) is 4.79 Å². The number of halogens is 1. The number of nitrogens with zero attached hydrogens (tertiary/aromatic N) is 1. The smallest absolute Gasteiger partial charge is 0.153 e. The van der Waals surface area contributed by atoms with Crippen molar-refractivity contribution in [1.82, 2.24) is 4.90 Å². The van der Waals surface area contributed by atoms with Gasteiger partial charge in [0.05, 0.1) is 23.8 Å². The van der Waals surface area contributed by atoms with E-state index in [0.717, 1.165) is 66.3 Å². The molecule has 6 nitrogen and oxygen atoms in total. The third-order valence-corrected chi connectivity index (χ3v) is 8.71. The van der Waals surface area contributed by atoms with Gasteiger partial charge in [0.1, 0.15) is 23.9 Å². The van der Waals surface area contributed by atoms with Crippen molar-refractivity contribution in [3.05, 3.63) is 75.8 Å². The van der Waals surface area contributed by atoms with Crippen LogP contribution < -0.4 is 9.47 Å². The van der Waals surface area contributed by atoms with Crippen molar-refractivity contribution in [2.24, 2.45) is 5.41 Å². The van der Waals surface area contributed by atoms with E-state index in [1.807, 2.05) is 24.3 Å².